The van der Waals surface area contributed by atoms with E-state index >= 15 is 0 Å². The van der Waals surface area contributed by atoms with E-state index in [4.69, 9.17) is 4.74 Å². The van der Waals surface area contributed by atoms with Crippen LogP contribution in [-0.2, 0) is 0 Å². The van der Waals surface area contributed by atoms with Crippen LogP contribution >= 0.6 is 0 Å². The van der Waals surface area contributed by atoms with Crippen LogP contribution in [0.15, 0.2) is 59.7 Å². The van der Waals surface area contributed by atoms with E-state index in [9.17, 15) is 9.59 Å². The van der Waals surface area contributed by atoms with Crippen LogP contribution in [0.1, 0.15) is 28.4 Å². The van der Waals surface area contributed by atoms with Crippen LogP contribution in [0.4, 0.5) is 0 Å². The maximum absolute atomic E-state index is 12.6. The van der Waals surface area contributed by atoms with Gasteiger partial charge < -0.3 is 10.1 Å². The second-order valence-corrected chi connectivity index (χ2v) is 5.61. The molecule has 1 atom stereocenters. The molecule has 0 saturated carbocycles. The Bertz CT molecular complexity index is 980. The zero-order valence-corrected chi connectivity index (χ0v) is 12.8. The van der Waals surface area contributed by atoms with E-state index < -0.39 is 5.91 Å². The number of benzene rings is 1. The first kappa shape index (κ1) is 14.4. The molecule has 120 valence electrons. The number of pyridine rings is 1. The molecule has 0 saturated heterocycles. The van der Waals surface area contributed by atoms with Crippen LogP contribution in [0.2, 0.25) is 0 Å². The summed E-state index contributed by atoms with van der Waals surface area (Å²) in [5.74, 6) is 0.342. The van der Waals surface area contributed by atoms with Crippen molar-refractivity contribution in [3.05, 3.63) is 76.3 Å². The molecule has 0 unspecified atom stereocenters. The van der Waals surface area contributed by atoms with Crippen molar-refractivity contribution in [2.75, 3.05) is 6.61 Å². The highest BCUT2D eigenvalue weighted by Crippen LogP contribution is 2.31. The van der Waals surface area contributed by atoms with Crippen molar-refractivity contribution in [1.29, 1.82) is 0 Å². The number of rotatable bonds is 2. The zero-order chi connectivity index (χ0) is 16.5. The van der Waals surface area contributed by atoms with Crippen molar-refractivity contribution in [2.45, 2.75) is 12.5 Å². The molecule has 2 aromatic heterocycles. The van der Waals surface area contributed by atoms with Gasteiger partial charge in [0.2, 0.25) is 0 Å². The molecule has 6 heteroatoms. The minimum Gasteiger partial charge on any atom is -0.493 e. The molecule has 0 aliphatic carbocycles. The summed E-state index contributed by atoms with van der Waals surface area (Å²) in [4.78, 5) is 29.3. The number of carbonyl (C=O) groups excluding carboxylic acids is 1. The van der Waals surface area contributed by atoms with Gasteiger partial charge in [0.15, 0.2) is 0 Å². The van der Waals surface area contributed by atoms with Crippen LogP contribution in [0, 0.1) is 0 Å². The summed E-state index contributed by atoms with van der Waals surface area (Å²) in [6.07, 6.45) is 3.59. The SMILES string of the molecule is O=C(N[C@@H]1CCOc2ccccc21)c1cnc2ccccn2c1=O. The normalized spacial score (nSPS) is 16.2. The average Bonchev–Trinajstić information content (AvgIpc) is 2.62. The second kappa shape index (κ2) is 5.81. The van der Waals surface area contributed by atoms with E-state index in [0.717, 1.165) is 11.3 Å². The van der Waals surface area contributed by atoms with Crippen molar-refractivity contribution in [1.82, 2.24) is 14.7 Å². The number of ether oxygens (including phenoxy) is 1. The highest BCUT2D eigenvalue weighted by atomic mass is 16.5. The molecule has 24 heavy (non-hydrogen) atoms. The minimum absolute atomic E-state index is 0.0303. The van der Waals surface area contributed by atoms with Crippen LogP contribution in [0.3, 0.4) is 0 Å². The average molecular weight is 321 g/mol. The van der Waals surface area contributed by atoms with Crippen molar-refractivity contribution in [3.63, 3.8) is 0 Å². The van der Waals surface area contributed by atoms with E-state index in [1.165, 1.54) is 10.6 Å². The van der Waals surface area contributed by atoms with Gasteiger partial charge in [0.25, 0.3) is 11.5 Å². The third kappa shape index (κ3) is 2.42. The summed E-state index contributed by atoms with van der Waals surface area (Å²) in [7, 11) is 0. The largest absolute Gasteiger partial charge is 0.493 e. The quantitative estimate of drug-likeness (QED) is 0.783. The van der Waals surface area contributed by atoms with Crippen molar-refractivity contribution < 1.29 is 9.53 Å². The predicted octanol–water partition coefficient (Wildman–Crippen LogP) is 1.95. The number of aromatic nitrogens is 2. The molecule has 6 nitrogen and oxygen atoms in total. The Morgan fingerprint density at radius 3 is 2.96 bits per heavy atom. The van der Waals surface area contributed by atoms with Gasteiger partial charge in [-0.05, 0) is 18.2 Å². The van der Waals surface area contributed by atoms with Gasteiger partial charge in [0.05, 0.1) is 12.6 Å². The molecule has 1 amide bonds. The van der Waals surface area contributed by atoms with Gasteiger partial charge in [-0.25, -0.2) is 4.98 Å². The van der Waals surface area contributed by atoms with Crippen LogP contribution in [0.5, 0.6) is 5.75 Å². The summed E-state index contributed by atoms with van der Waals surface area (Å²) in [6.45, 7) is 0.525. The van der Waals surface area contributed by atoms with Crippen LogP contribution < -0.4 is 15.6 Å². The van der Waals surface area contributed by atoms with Gasteiger partial charge in [0, 0.05) is 24.4 Å². The molecule has 1 N–H and O–H groups in total. The lowest BCUT2D eigenvalue weighted by molar-refractivity contribution is 0.0922. The number of hydrogen-bond donors (Lipinski definition) is 1. The Balaban J connectivity index is 1.66. The van der Waals surface area contributed by atoms with Crippen LogP contribution in [0.25, 0.3) is 5.65 Å². The maximum Gasteiger partial charge on any atom is 0.270 e. The topological polar surface area (TPSA) is 72.7 Å². The molecule has 0 radical (unpaired) electrons. The fourth-order valence-corrected chi connectivity index (χ4v) is 2.91. The Morgan fingerprint density at radius 1 is 1.21 bits per heavy atom. The maximum atomic E-state index is 12.6. The number of nitrogens with one attached hydrogen (secondary N) is 1. The van der Waals surface area contributed by atoms with E-state index in [0.29, 0.717) is 18.7 Å². The molecule has 0 fully saturated rings. The first-order valence-corrected chi connectivity index (χ1v) is 7.73. The van der Waals surface area contributed by atoms with E-state index in [2.05, 4.69) is 10.3 Å². The molecular weight excluding hydrogens is 306 g/mol. The third-order valence-corrected chi connectivity index (χ3v) is 4.12. The summed E-state index contributed by atoms with van der Waals surface area (Å²) in [6, 6.07) is 12.6. The summed E-state index contributed by atoms with van der Waals surface area (Å²) in [5, 5.41) is 2.92. The Kier molecular flexibility index (Phi) is 3.49. The van der Waals surface area contributed by atoms with Crippen LogP contribution in [-0.4, -0.2) is 21.9 Å². The van der Waals surface area contributed by atoms with Gasteiger partial charge in [-0.3, -0.25) is 14.0 Å². The number of carbonyl (C=O) groups is 1. The minimum atomic E-state index is -0.424. The van der Waals surface area contributed by atoms with Crippen molar-refractivity contribution in [3.8, 4) is 5.75 Å². The Morgan fingerprint density at radius 2 is 2.04 bits per heavy atom. The second-order valence-electron chi connectivity index (χ2n) is 5.61. The van der Waals surface area contributed by atoms with Gasteiger partial charge in [0.1, 0.15) is 17.0 Å². The number of para-hydroxylation sites is 1. The fraction of sp³-hybridized carbons (Fsp3) is 0.167. The smallest absolute Gasteiger partial charge is 0.270 e. The fourth-order valence-electron chi connectivity index (χ4n) is 2.91. The molecule has 0 bridgehead atoms. The molecule has 0 spiro atoms. The van der Waals surface area contributed by atoms with Gasteiger partial charge in [-0.1, -0.05) is 24.3 Å². The first-order chi connectivity index (χ1) is 11.7. The summed E-state index contributed by atoms with van der Waals surface area (Å²) < 4.78 is 6.96. The zero-order valence-electron chi connectivity index (χ0n) is 12.8. The van der Waals surface area contributed by atoms with Gasteiger partial charge >= 0.3 is 0 Å². The van der Waals surface area contributed by atoms with Gasteiger partial charge in [-0.15, -0.1) is 0 Å². The molecule has 3 heterocycles. The standard InChI is InChI=1S/C18H15N3O3/c22-17(13-11-19-16-7-3-4-9-21(16)18(13)23)20-14-8-10-24-15-6-2-1-5-12(14)15/h1-7,9,11,14H,8,10H2,(H,20,22)/t14-/m1/s1. The van der Waals surface area contributed by atoms with E-state index in [-0.39, 0.29) is 17.2 Å². The first-order valence-electron chi connectivity index (χ1n) is 7.73. The van der Waals surface area contributed by atoms with Gasteiger partial charge in [-0.2, -0.15) is 0 Å². The highest BCUT2D eigenvalue weighted by molar-refractivity contribution is 5.94. The monoisotopic (exact) mass is 321 g/mol. The molecule has 1 aliphatic rings. The van der Waals surface area contributed by atoms with Crippen molar-refractivity contribution >= 4 is 11.6 Å². The molecule has 3 aromatic rings. The Hall–Kier alpha value is -3.15. The summed E-state index contributed by atoms with van der Waals surface area (Å²) >= 11 is 0. The van der Waals surface area contributed by atoms with E-state index in [1.54, 1.807) is 24.4 Å². The Labute approximate surface area is 137 Å². The molecular formula is C18H15N3O3. The number of fused-ring (bicyclic) bond motifs is 2. The highest BCUT2D eigenvalue weighted by Gasteiger charge is 2.24. The predicted molar refractivity (Wildman–Crippen MR) is 88.2 cm³/mol. The number of nitrogens with zero attached hydrogens (tertiary/aromatic N) is 2. The lowest BCUT2D eigenvalue weighted by atomic mass is 10.0. The molecule has 1 aromatic carbocycles. The van der Waals surface area contributed by atoms with Crippen molar-refractivity contribution in [2.24, 2.45) is 0 Å². The summed E-state index contributed by atoms with van der Waals surface area (Å²) in [5.41, 5.74) is 1.09. The number of amides is 1. The lowest BCUT2D eigenvalue weighted by Gasteiger charge is -2.26. The molecule has 4 rings (SSSR count). The molecule has 1 aliphatic heterocycles. The third-order valence-electron chi connectivity index (χ3n) is 4.12. The lowest BCUT2D eigenvalue weighted by Crippen LogP contribution is -2.36. The van der Waals surface area contributed by atoms with E-state index in [1.807, 2.05) is 24.3 Å². The number of hydrogen-bond acceptors (Lipinski definition) is 4.